The quantitative estimate of drug-likeness (QED) is 0.497. The highest BCUT2D eigenvalue weighted by molar-refractivity contribution is 6.99. The normalized spacial score (nSPS) is 12.4. The van der Waals surface area contributed by atoms with Crippen molar-refractivity contribution in [3.63, 3.8) is 0 Å². The van der Waals surface area contributed by atoms with Crippen LogP contribution in [0.25, 0.3) is 0 Å². The molecule has 1 aromatic heterocycles. The van der Waals surface area contributed by atoms with Gasteiger partial charge in [-0.05, 0) is 0 Å². The van der Waals surface area contributed by atoms with Gasteiger partial charge in [0, 0.05) is 13.1 Å². The number of aliphatic hydroxyl groups is 1. The van der Waals surface area contributed by atoms with Crippen LogP contribution < -0.4 is 10.1 Å². The lowest BCUT2D eigenvalue weighted by molar-refractivity contribution is 0.105. The minimum atomic E-state index is -0.545. The van der Waals surface area contributed by atoms with Gasteiger partial charge in [0.25, 0.3) is 0 Å². The van der Waals surface area contributed by atoms with Gasteiger partial charge in [-0.3, -0.25) is 0 Å². The third-order valence-electron chi connectivity index (χ3n) is 1.43. The second kappa shape index (κ2) is 6.47. The van der Waals surface area contributed by atoms with E-state index in [9.17, 15) is 5.11 Å². The minimum absolute atomic E-state index is 0.218. The number of rotatable bonds is 7. The van der Waals surface area contributed by atoms with E-state index < -0.39 is 6.10 Å². The van der Waals surface area contributed by atoms with Gasteiger partial charge in [0.05, 0.1) is 11.7 Å². The van der Waals surface area contributed by atoms with Crippen LogP contribution in [0.2, 0.25) is 0 Å². The Morgan fingerprint density at radius 1 is 1.79 bits per heavy atom. The van der Waals surface area contributed by atoms with E-state index >= 15 is 0 Å². The number of nitrogens with zero attached hydrogens (tertiary/aromatic N) is 2. The first-order chi connectivity index (χ1) is 6.83. The molecule has 0 saturated carbocycles. The van der Waals surface area contributed by atoms with E-state index in [1.54, 1.807) is 6.08 Å². The van der Waals surface area contributed by atoms with Crippen molar-refractivity contribution in [3.05, 3.63) is 18.9 Å². The van der Waals surface area contributed by atoms with E-state index in [1.165, 1.54) is 6.20 Å². The van der Waals surface area contributed by atoms with Gasteiger partial charge in [-0.25, -0.2) is 0 Å². The zero-order valence-electron chi connectivity index (χ0n) is 7.72. The topological polar surface area (TPSA) is 67.3 Å². The van der Waals surface area contributed by atoms with E-state index in [2.05, 4.69) is 20.6 Å². The van der Waals surface area contributed by atoms with Gasteiger partial charge >= 0.3 is 0 Å². The van der Waals surface area contributed by atoms with E-state index in [-0.39, 0.29) is 6.61 Å². The number of hydrogen-bond acceptors (Lipinski definition) is 6. The van der Waals surface area contributed by atoms with Crippen molar-refractivity contribution in [3.8, 4) is 5.88 Å². The summed E-state index contributed by atoms with van der Waals surface area (Å²) >= 11 is 1.08. The van der Waals surface area contributed by atoms with Crippen LogP contribution in [-0.2, 0) is 0 Å². The molecule has 0 saturated heterocycles. The highest BCUT2D eigenvalue weighted by Crippen LogP contribution is 2.04. The Bertz CT molecular complexity index is 253. The van der Waals surface area contributed by atoms with Gasteiger partial charge in [0.15, 0.2) is 0 Å². The second-order valence-electron chi connectivity index (χ2n) is 2.66. The molecular formula is C8H13N3O2S. The summed E-state index contributed by atoms with van der Waals surface area (Å²) < 4.78 is 12.8. The van der Waals surface area contributed by atoms with Crippen molar-refractivity contribution in [1.82, 2.24) is 14.1 Å². The molecular weight excluding hydrogens is 202 g/mol. The highest BCUT2D eigenvalue weighted by Gasteiger charge is 2.05. The summed E-state index contributed by atoms with van der Waals surface area (Å²) in [7, 11) is 0. The summed E-state index contributed by atoms with van der Waals surface area (Å²) in [4.78, 5) is 0. The third kappa shape index (κ3) is 4.31. The van der Waals surface area contributed by atoms with Crippen LogP contribution in [0.4, 0.5) is 0 Å². The largest absolute Gasteiger partial charge is 0.473 e. The molecule has 1 heterocycles. The molecule has 0 bridgehead atoms. The van der Waals surface area contributed by atoms with Crippen molar-refractivity contribution in [1.29, 1.82) is 0 Å². The van der Waals surface area contributed by atoms with E-state index in [4.69, 9.17) is 4.74 Å². The van der Waals surface area contributed by atoms with Crippen LogP contribution in [0.1, 0.15) is 0 Å². The molecule has 1 aromatic rings. The van der Waals surface area contributed by atoms with Gasteiger partial charge in [-0.2, -0.15) is 4.37 Å². The predicted octanol–water partition coefficient (Wildman–Crippen LogP) is 0.0534. The first-order valence-electron chi connectivity index (χ1n) is 4.23. The van der Waals surface area contributed by atoms with Crippen LogP contribution in [0.3, 0.4) is 0 Å². The lowest BCUT2D eigenvalue weighted by Gasteiger charge is -2.10. The highest BCUT2D eigenvalue weighted by atomic mass is 32.1. The van der Waals surface area contributed by atoms with Crippen molar-refractivity contribution in [2.24, 2.45) is 0 Å². The summed E-state index contributed by atoms with van der Waals surface area (Å²) in [6, 6.07) is 0. The maximum absolute atomic E-state index is 9.41. The average molecular weight is 215 g/mol. The molecule has 0 aliphatic heterocycles. The van der Waals surface area contributed by atoms with Crippen LogP contribution in [-0.4, -0.2) is 39.7 Å². The summed E-state index contributed by atoms with van der Waals surface area (Å²) in [5.41, 5.74) is 0. The lowest BCUT2D eigenvalue weighted by atomic mass is 10.4. The van der Waals surface area contributed by atoms with Gasteiger partial charge in [-0.15, -0.1) is 11.0 Å². The van der Waals surface area contributed by atoms with Crippen molar-refractivity contribution in [2.45, 2.75) is 6.10 Å². The Labute approximate surface area is 86.8 Å². The number of nitrogens with one attached hydrogen (secondary N) is 1. The summed E-state index contributed by atoms with van der Waals surface area (Å²) in [6.45, 7) is 4.92. The smallest absolute Gasteiger partial charge is 0.245 e. The molecule has 1 rings (SSSR count). The van der Waals surface area contributed by atoms with Crippen LogP contribution >= 0.6 is 11.7 Å². The Hall–Kier alpha value is -0.980. The van der Waals surface area contributed by atoms with Crippen molar-refractivity contribution >= 4 is 11.7 Å². The van der Waals surface area contributed by atoms with Gasteiger partial charge in [0.2, 0.25) is 5.88 Å². The van der Waals surface area contributed by atoms with Gasteiger partial charge in [-0.1, -0.05) is 6.08 Å². The zero-order valence-corrected chi connectivity index (χ0v) is 8.54. The second-order valence-corrected chi connectivity index (χ2v) is 3.21. The monoisotopic (exact) mass is 215 g/mol. The summed E-state index contributed by atoms with van der Waals surface area (Å²) in [6.07, 6.45) is 2.71. The third-order valence-corrected chi connectivity index (χ3v) is 1.89. The SMILES string of the molecule is C=CCNCC(O)COc1cnsn1. The molecule has 0 aromatic carbocycles. The Kier molecular flexibility index (Phi) is 5.13. The van der Waals surface area contributed by atoms with E-state index in [1.807, 2.05) is 0 Å². The Morgan fingerprint density at radius 2 is 2.64 bits per heavy atom. The fraction of sp³-hybridized carbons (Fsp3) is 0.500. The molecule has 0 fully saturated rings. The minimum Gasteiger partial charge on any atom is -0.473 e. The average Bonchev–Trinajstić information content (AvgIpc) is 2.68. The standard InChI is InChI=1S/C8H13N3O2S/c1-2-3-9-4-7(12)6-13-8-5-10-14-11-8/h2,5,7,9,12H,1,3-4,6H2. The molecule has 0 radical (unpaired) electrons. The molecule has 2 N–H and O–H groups in total. The van der Waals surface area contributed by atoms with E-state index in [0.29, 0.717) is 19.0 Å². The molecule has 1 atom stereocenters. The fourth-order valence-corrected chi connectivity index (χ4v) is 1.18. The first kappa shape index (κ1) is 11.1. The molecule has 0 aliphatic carbocycles. The predicted molar refractivity (Wildman–Crippen MR) is 54.5 cm³/mol. The van der Waals surface area contributed by atoms with Crippen LogP contribution in [0, 0.1) is 0 Å². The van der Waals surface area contributed by atoms with Gasteiger partial charge in [0.1, 0.15) is 18.9 Å². The Morgan fingerprint density at radius 3 is 3.29 bits per heavy atom. The maximum atomic E-state index is 9.41. The number of aliphatic hydroxyl groups excluding tert-OH is 1. The molecule has 0 spiro atoms. The van der Waals surface area contributed by atoms with E-state index in [0.717, 1.165) is 11.7 Å². The molecule has 0 amide bonds. The van der Waals surface area contributed by atoms with Crippen LogP contribution in [0.5, 0.6) is 5.88 Å². The lowest BCUT2D eigenvalue weighted by Crippen LogP contribution is -2.31. The maximum Gasteiger partial charge on any atom is 0.245 e. The Balaban J connectivity index is 2.08. The molecule has 1 unspecified atom stereocenters. The molecule has 6 heteroatoms. The number of hydrogen-bond donors (Lipinski definition) is 2. The van der Waals surface area contributed by atoms with Crippen molar-refractivity contribution in [2.75, 3.05) is 19.7 Å². The molecule has 78 valence electrons. The molecule has 5 nitrogen and oxygen atoms in total. The summed E-state index contributed by atoms with van der Waals surface area (Å²) in [5, 5.41) is 12.4. The van der Waals surface area contributed by atoms with Crippen LogP contribution in [0.15, 0.2) is 18.9 Å². The first-order valence-corrected chi connectivity index (χ1v) is 4.96. The molecule has 0 aliphatic rings. The zero-order chi connectivity index (χ0) is 10.2. The number of ether oxygens (including phenoxy) is 1. The molecule has 14 heavy (non-hydrogen) atoms. The fourth-order valence-electron chi connectivity index (χ4n) is 0.812. The summed E-state index contributed by atoms with van der Waals surface area (Å²) in [5.74, 6) is 0.456. The van der Waals surface area contributed by atoms with Crippen molar-refractivity contribution < 1.29 is 9.84 Å². The van der Waals surface area contributed by atoms with Gasteiger partial charge < -0.3 is 15.2 Å². The number of aromatic nitrogens is 2.